The second kappa shape index (κ2) is 11.0. The topological polar surface area (TPSA) is 117 Å². The molecule has 2 atom stereocenters. The predicted molar refractivity (Wildman–Crippen MR) is 146 cm³/mol. The first-order valence-electron chi connectivity index (χ1n) is 13.1. The van der Waals surface area contributed by atoms with E-state index in [-0.39, 0.29) is 29.5 Å². The zero-order valence-electron chi connectivity index (χ0n) is 23.6. The van der Waals surface area contributed by atoms with Crippen molar-refractivity contribution >= 4 is 20.3 Å². The van der Waals surface area contributed by atoms with Crippen LogP contribution in [0.4, 0.5) is 0 Å². The minimum atomic E-state index is -2.77. The van der Waals surface area contributed by atoms with E-state index in [4.69, 9.17) is 13.9 Å². The number of ether oxygens (including phenoxy) is 2. The summed E-state index contributed by atoms with van der Waals surface area (Å²) in [5.41, 5.74) is -3.55. The van der Waals surface area contributed by atoms with Crippen LogP contribution in [0.15, 0.2) is 52.2 Å². The fourth-order valence-electron chi connectivity index (χ4n) is 6.85. The molecule has 0 saturated heterocycles. The number of carbonyl (C=O) groups is 2. The van der Waals surface area contributed by atoms with Gasteiger partial charge >= 0.3 is 17.6 Å². The van der Waals surface area contributed by atoms with Crippen LogP contribution in [-0.4, -0.2) is 44.0 Å². The van der Waals surface area contributed by atoms with Crippen molar-refractivity contribution in [3.05, 3.63) is 69.0 Å². The first-order chi connectivity index (χ1) is 17.8. The van der Waals surface area contributed by atoms with Gasteiger partial charge in [-0.1, -0.05) is 71.9 Å². The number of nitrogens with zero attached hydrogens (tertiary/aromatic N) is 1. The lowest BCUT2D eigenvalue weighted by molar-refractivity contribution is -0.186. The summed E-state index contributed by atoms with van der Waals surface area (Å²) in [6, 6.07) is 9.79. The van der Waals surface area contributed by atoms with Gasteiger partial charge in [0.2, 0.25) is 8.32 Å². The fraction of sp³-hybridized carbons (Fsp3) is 0.571. The number of methoxy groups -OCH3 is 2. The summed E-state index contributed by atoms with van der Waals surface area (Å²) < 4.78 is 19.5. The maximum absolute atomic E-state index is 13.9. The van der Waals surface area contributed by atoms with Gasteiger partial charge in [0.05, 0.1) is 14.2 Å². The highest BCUT2D eigenvalue weighted by Gasteiger charge is 2.72. The summed E-state index contributed by atoms with van der Waals surface area (Å²) in [5.74, 6) is -1.57. The lowest BCUT2D eigenvalue weighted by atomic mass is 9.70. The summed E-state index contributed by atoms with van der Waals surface area (Å²) in [6.45, 7) is 12.8. The molecule has 1 heterocycles. The predicted octanol–water partition coefficient (Wildman–Crippen LogP) is 4.29. The maximum atomic E-state index is 13.9. The maximum Gasteiger partial charge on any atom is 0.328 e. The van der Waals surface area contributed by atoms with Gasteiger partial charge < -0.3 is 13.9 Å². The molecule has 1 aromatic carbocycles. The normalized spacial score (nSPS) is 21.2. The van der Waals surface area contributed by atoms with E-state index in [1.165, 1.54) is 31.0 Å². The lowest BCUT2D eigenvalue weighted by Gasteiger charge is -2.52. The molecule has 1 saturated carbocycles. The highest BCUT2D eigenvalue weighted by molar-refractivity contribution is 6.77. The van der Waals surface area contributed by atoms with Crippen LogP contribution >= 0.6 is 0 Å². The number of aromatic nitrogens is 2. The van der Waals surface area contributed by atoms with E-state index in [0.717, 1.165) is 0 Å². The molecule has 38 heavy (non-hydrogen) atoms. The molecule has 1 aliphatic rings. The van der Waals surface area contributed by atoms with E-state index < -0.39 is 48.6 Å². The molecule has 0 aliphatic heterocycles. The number of hydrogen-bond acceptors (Lipinski definition) is 7. The summed E-state index contributed by atoms with van der Waals surface area (Å²) in [4.78, 5) is 54.8. The van der Waals surface area contributed by atoms with Gasteiger partial charge in [0, 0.05) is 24.7 Å². The molecule has 0 amide bonds. The molecule has 0 spiro atoms. The minimum Gasteiger partial charge on any atom is -0.468 e. The fourth-order valence-corrected chi connectivity index (χ4v) is 12.5. The van der Waals surface area contributed by atoms with Crippen LogP contribution in [0.25, 0.3) is 0 Å². The van der Waals surface area contributed by atoms with Crippen molar-refractivity contribution in [2.45, 2.75) is 82.7 Å². The molecule has 10 heteroatoms. The van der Waals surface area contributed by atoms with Crippen molar-refractivity contribution in [1.29, 1.82) is 0 Å². The highest BCUT2D eigenvalue weighted by atomic mass is 28.4. The van der Waals surface area contributed by atoms with Gasteiger partial charge in [-0.15, -0.1) is 0 Å². The average molecular weight is 545 g/mol. The van der Waals surface area contributed by atoms with E-state index in [1.54, 1.807) is 0 Å². The summed E-state index contributed by atoms with van der Waals surface area (Å²) >= 11 is 0. The minimum absolute atomic E-state index is 0.105. The van der Waals surface area contributed by atoms with E-state index in [2.05, 4.69) is 46.5 Å². The third-order valence-electron chi connectivity index (χ3n) is 8.36. The number of benzene rings is 1. The number of esters is 2. The van der Waals surface area contributed by atoms with E-state index in [0.29, 0.717) is 5.56 Å². The van der Waals surface area contributed by atoms with Gasteiger partial charge in [0.25, 0.3) is 5.56 Å². The Hall–Kier alpha value is -2.98. The van der Waals surface area contributed by atoms with Crippen LogP contribution < -0.4 is 11.2 Å². The van der Waals surface area contributed by atoms with Crippen LogP contribution in [0, 0.1) is 5.41 Å². The monoisotopic (exact) mass is 544 g/mol. The standard InChI is InChI=1S/C28H40N2O7Si/c1-18(2)38(19(3)4,20(5)6)37-28(21-12-10-9-11-13-21)17-22(30-15-14-23(31)29-26(30)34)16-27(28,24(32)35-7)25(33)36-8/h9-15,18-20,22H,16-17H2,1-8H3,(H,29,31,34)/t22-,28-/m0/s1. The number of nitrogens with one attached hydrogen (secondary N) is 1. The van der Waals surface area contributed by atoms with Crippen molar-refractivity contribution in [3.8, 4) is 0 Å². The molecule has 3 rings (SSSR count). The average Bonchev–Trinajstić information content (AvgIpc) is 3.22. The Morgan fingerprint density at radius 3 is 1.87 bits per heavy atom. The number of hydrogen-bond donors (Lipinski definition) is 1. The first kappa shape index (κ1) is 29.6. The third-order valence-corrected chi connectivity index (χ3v) is 14.5. The zero-order chi connectivity index (χ0) is 28.5. The molecule has 1 aromatic heterocycles. The Morgan fingerprint density at radius 2 is 1.42 bits per heavy atom. The van der Waals surface area contributed by atoms with E-state index in [9.17, 15) is 19.2 Å². The Labute approximate surface area is 224 Å². The van der Waals surface area contributed by atoms with Gasteiger partial charge in [-0.2, -0.15) is 0 Å². The van der Waals surface area contributed by atoms with Crippen LogP contribution in [0.2, 0.25) is 16.6 Å². The van der Waals surface area contributed by atoms with Gasteiger partial charge in [0.1, 0.15) is 5.60 Å². The zero-order valence-corrected chi connectivity index (χ0v) is 24.6. The largest absolute Gasteiger partial charge is 0.468 e. The number of carbonyl (C=O) groups excluding carboxylic acids is 2. The van der Waals surface area contributed by atoms with Gasteiger partial charge in [-0.05, 0) is 28.6 Å². The molecule has 208 valence electrons. The summed E-state index contributed by atoms with van der Waals surface area (Å²) in [7, 11) is -0.295. The number of H-pyrrole nitrogens is 1. The smallest absolute Gasteiger partial charge is 0.328 e. The van der Waals surface area contributed by atoms with Gasteiger partial charge in [0.15, 0.2) is 5.41 Å². The molecule has 1 N–H and O–H groups in total. The van der Waals surface area contributed by atoms with E-state index in [1.807, 2.05) is 30.3 Å². The van der Waals surface area contributed by atoms with E-state index >= 15 is 0 Å². The molecule has 0 bridgehead atoms. The van der Waals surface area contributed by atoms with Crippen molar-refractivity contribution in [1.82, 2.24) is 9.55 Å². The van der Waals surface area contributed by atoms with Gasteiger partial charge in [-0.3, -0.25) is 23.9 Å². The first-order valence-corrected chi connectivity index (χ1v) is 15.2. The van der Waals surface area contributed by atoms with Crippen molar-refractivity contribution in [2.75, 3.05) is 14.2 Å². The highest BCUT2D eigenvalue weighted by Crippen LogP contribution is 2.63. The Balaban J connectivity index is 2.48. The molecule has 0 radical (unpaired) electrons. The lowest BCUT2D eigenvalue weighted by Crippen LogP contribution is -2.62. The Morgan fingerprint density at radius 1 is 0.895 bits per heavy atom. The summed E-state index contributed by atoms with van der Waals surface area (Å²) in [5, 5.41) is 0. The third kappa shape index (κ3) is 4.47. The molecule has 1 fully saturated rings. The van der Waals surface area contributed by atoms with Crippen molar-refractivity contribution < 1.29 is 23.5 Å². The molecule has 1 aliphatic carbocycles. The number of rotatable bonds is 9. The SMILES string of the molecule is COC(=O)C1(C(=O)OC)C[C@H](n2ccc(=O)[nH]c2=O)C[C@]1(O[Si](C(C)C)(C(C)C)C(C)C)c1ccccc1. The van der Waals surface area contributed by atoms with Crippen LogP contribution in [0.1, 0.15) is 66.0 Å². The summed E-state index contributed by atoms with van der Waals surface area (Å²) in [6.07, 6.45) is 1.41. The second-order valence-electron chi connectivity index (χ2n) is 11.1. The second-order valence-corrected chi connectivity index (χ2v) is 16.5. The van der Waals surface area contributed by atoms with Crippen LogP contribution in [0.3, 0.4) is 0 Å². The van der Waals surface area contributed by atoms with Crippen molar-refractivity contribution in [3.63, 3.8) is 0 Å². The molecule has 2 aromatic rings. The van der Waals surface area contributed by atoms with Crippen molar-refractivity contribution in [2.24, 2.45) is 5.41 Å². The molecular weight excluding hydrogens is 504 g/mol. The van der Waals surface area contributed by atoms with Gasteiger partial charge in [-0.25, -0.2) is 4.79 Å². The van der Waals surface area contributed by atoms with Crippen LogP contribution in [0.5, 0.6) is 0 Å². The Kier molecular flexibility index (Phi) is 8.57. The molecule has 9 nitrogen and oxygen atoms in total. The molecule has 0 unspecified atom stereocenters. The van der Waals surface area contributed by atoms with Crippen LogP contribution in [-0.2, 0) is 29.1 Å². The molecular formula is C28H40N2O7Si. The quantitative estimate of drug-likeness (QED) is 0.284. The Bertz CT molecular complexity index is 1230. The number of aromatic amines is 1.